The minimum Gasteiger partial charge on any atom is -0.343 e. The molecule has 134 valence electrons. The van der Waals surface area contributed by atoms with Crippen molar-refractivity contribution in [3.63, 3.8) is 0 Å². The Labute approximate surface area is 156 Å². The monoisotopic (exact) mass is 371 g/mol. The summed E-state index contributed by atoms with van der Waals surface area (Å²) in [7, 11) is 0. The zero-order valence-electron chi connectivity index (χ0n) is 14.3. The van der Waals surface area contributed by atoms with E-state index in [1.54, 1.807) is 6.20 Å². The Kier molecular flexibility index (Phi) is 4.74. The molecule has 1 aliphatic rings. The van der Waals surface area contributed by atoms with E-state index >= 15 is 0 Å². The fraction of sp³-hybridized carbons (Fsp3) is 0.300. The van der Waals surface area contributed by atoms with E-state index in [1.807, 2.05) is 16.8 Å². The number of halogens is 2. The molecule has 0 N–H and O–H groups in total. The van der Waals surface area contributed by atoms with Crippen molar-refractivity contribution >= 4 is 28.3 Å². The molecule has 2 aromatic heterocycles. The van der Waals surface area contributed by atoms with Crippen LogP contribution in [0.4, 0.5) is 4.39 Å². The number of aromatic nitrogens is 2. The number of benzene rings is 1. The molecule has 0 radical (unpaired) electrons. The quantitative estimate of drug-likeness (QED) is 0.499. The summed E-state index contributed by atoms with van der Waals surface area (Å²) in [6, 6.07) is 7.43. The van der Waals surface area contributed by atoms with Gasteiger partial charge in [-0.05, 0) is 56.3 Å². The van der Waals surface area contributed by atoms with Crippen molar-refractivity contribution in [1.29, 1.82) is 0 Å². The van der Waals surface area contributed by atoms with E-state index in [1.165, 1.54) is 37.1 Å². The Morgan fingerprint density at radius 1 is 1.12 bits per heavy atom. The third-order valence-corrected chi connectivity index (χ3v) is 5.23. The number of carbonyl (C=O) groups is 1. The van der Waals surface area contributed by atoms with Crippen molar-refractivity contribution in [2.75, 3.05) is 19.6 Å². The van der Waals surface area contributed by atoms with Gasteiger partial charge in [0.15, 0.2) is 10.9 Å². The lowest BCUT2D eigenvalue weighted by Crippen LogP contribution is -2.23. The highest BCUT2D eigenvalue weighted by molar-refractivity contribution is 6.34. The van der Waals surface area contributed by atoms with E-state index in [-0.39, 0.29) is 11.6 Å². The van der Waals surface area contributed by atoms with Gasteiger partial charge in [0.25, 0.3) is 0 Å². The highest BCUT2D eigenvalue weighted by Crippen LogP contribution is 2.28. The average Bonchev–Trinajstić information content (AvgIpc) is 3.28. The lowest BCUT2D eigenvalue weighted by Gasteiger charge is -2.15. The summed E-state index contributed by atoms with van der Waals surface area (Å²) >= 11 is 6.34. The van der Waals surface area contributed by atoms with Crippen molar-refractivity contribution in [2.24, 2.45) is 0 Å². The van der Waals surface area contributed by atoms with Crippen molar-refractivity contribution in [1.82, 2.24) is 14.5 Å². The number of hydrogen-bond acceptors (Lipinski definition) is 3. The van der Waals surface area contributed by atoms with Crippen LogP contribution in [0.3, 0.4) is 0 Å². The Hall–Kier alpha value is -2.24. The molecule has 3 heterocycles. The van der Waals surface area contributed by atoms with Gasteiger partial charge >= 0.3 is 0 Å². The first-order chi connectivity index (χ1) is 12.6. The maximum atomic E-state index is 13.2. The summed E-state index contributed by atoms with van der Waals surface area (Å²) in [5, 5.41) is 1.17. The summed E-state index contributed by atoms with van der Waals surface area (Å²) in [6.45, 7) is 3.90. The molecule has 1 fully saturated rings. The Balaban J connectivity index is 1.71. The van der Waals surface area contributed by atoms with Crippen LogP contribution in [0.1, 0.15) is 28.8 Å². The molecule has 4 rings (SSSR count). The smallest absolute Gasteiger partial charge is 0.195 e. The first-order valence-corrected chi connectivity index (χ1v) is 9.17. The molecular formula is C20H19ClFN3O. The summed E-state index contributed by atoms with van der Waals surface area (Å²) < 4.78 is 15.2. The molecule has 0 saturated carbocycles. The van der Waals surface area contributed by atoms with Gasteiger partial charge in [0.05, 0.1) is 5.52 Å². The van der Waals surface area contributed by atoms with Gasteiger partial charge in [0, 0.05) is 42.0 Å². The van der Waals surface area contributed by atoms with Gasteiger partial charge in [0.2, 0.25) is 0 Å². The normalized spacial score (nSPS) is 15.0. The molecule has 26 heavy (non-hydrogen) atoms. The maximum Gasteiger partial charge on any atom is 0.195 e. The van der Waals surface area contributed by atoms with Crippen LogP contribution in [-0.4, -0.2) is 39.9 Å². The Morgan fingerprint density at radius 3 is 2.58 bits per heavy atom. The van der Waals surface area contributed by atoms with Crippen LogP contribution in [0.15, 0.2) is 42.7 Å². The predicted molar refractivity (Wildman–Crippen MR) is 100 cm³/mol. The topological polar surface area (TPSA) is 38.1 Å². The number of nitrogens with zero attached hydrogens (tertiary/aromatic N) is 3. The summed E-state index contributed by atoms with van der Waals surface area (Å²) in [5.74, 6) is -0.501. The number of pyridine rings is 1. The summed E-state index contributed by atoms with van der Waals surface area (Å²) in [6.07, 6.45) is 5.93. The van der Waals surface area contributed by atoms with Gasteiger partial charge < -0.3 is 9.47 Å². The van der Waals surface area contributed by atoms with Gasteiger partial charge in [-0.1, -0.05) is 11.6 Å². The summed E-state index contributed by atoms with van der Waals surface area (Å²) in [4.78, 5) is 19.5. The van der Waals surface area contributed by atoms with Crippen LogP contribution >= 0.6 is 11.6 Å². The van der Waals surface area contributed by atoms with Crippen molar-refractivity contribution in [2.45, 2.75) is 19.4 Å². The number of fused-ring (bicyclic) bond motifs is 1. The van der Waals surface area contributed by atoms with Crippen LogP contribution in [0.25, 0.3) is 10.9 Å². The van der Waals surface area contributed by atoms with E-state index in [0.29, 0.717) is 16.3 Å². The molecule has 0 spiro atoms. The van der Waals surface area contributed by atoms with Gasteiger partial charge in [-0.15, -0.1) is 0 Å². The molecule has 0 unspecified atom stereocenters. The van der Waals surface area contributed by atoms with Gasteiger partial charge in [-0.2, -0.15) is 0 Å². The molecule has 0 amide bonds. The second-order valence-corrected chi connectivity index (χ2v) is 6.98. The van der Waals surface area contributed by atoms with Crippen molar-refractivity contribution < 1.29 is 9.18 Å². The van der Waals surface area contributed by atoms with Crippen LogP contribution in [-0.2, 0) is 6.54 Å². The largest absolute Gasteiger partial charge is 0.343 e. The van der Waals surface area contributed by atoms with Crippen molar-refractivity contribution in [3.8, 4) is 0 Å². The SMILES string of the molecule is O=C(c1ccc(F)cc1)c1cn(CCN2CCCC2)c2c(Cl)nccc12. The first kappa shape index (κ1) is 17.2. The number of rotatable bonds is 5. The molecule has 0 bridgehead atoms. The van der Waals surface area contributed by atoms with Crippen molar-refractivity contribution in [3.05, 3.63) is 64.8 Å². The van der Waals surface area contributed by atoms with Crippen LogP contribution in [0.2, 0.25) is 5.15 Å². The third kappa shape index (κ3) is 3.24. The lowest BCUT2D eigenvalue weighted by atomic mass is 10.0. The zero-order valence-corrected chi connectivity index (χ0v) is 15.0. The number of carbonyl (C=O) groups excluding carboxylic acids is 1. The summed E-state index contributed by atoms with van der Waals surface area (Å²) in [5.41, 5.74) is 1.80. The number of ketones is 1. The highest BCUT2D eigenvalue weighted by Gasteiger charge is 2.20. The second-order valence-electron chi connectivity index (χ2n) is 6.62. The average molecular weight is 372 g/mol. The predicted octanol–water partition coefficient (Wildman–Crippen LogP) is 4.16. The molecular weight excluding hydrogens is 353 g/mol. The molecule has 1 aliphatic heterocycles. The molecule has 1 aromatic carbocycles. The zero-order chi connectivity index (χ0) is 18.1. The highest BCUT2D eigenvalue weighted by atomic mass is 35.5. The fourth-order valence-corrected chi connectivity index (χ4v) is 3.85. The number of likely N-dealkylation sites (tertiary alicyclic amines) is 1. The molecule has 3 aromatic rings. The van der Waals surface area contributed by atoms with Crippen LogP contribution in [0, 0.1) is 5.82 Å². The fourth-order valence-electron chi connectivity index (χ4n) is 3.58. The maximum absolute atomic E-state index is 13.2. The van der Waals surface area contributed by atoms with Gasteiger partial charge in [-0.25, -0.2) is 9.37 Å². The standard InChI is InChI=1S/C20H19ClFN3O/c21-20-18-16(7-8-23-20)17(19(26)14-3-5-15(22)6-4-14)13-25(18)12-11-24-9-1-2-10-24/h3-8,13H,1-2,9-12H2. The molecule has 0 atom stereocenters. The van der Waals surface area contributed by atoms with Crippen LogP contribution < -0.4 is 0 Å². The van der Waals surface area contributed by atoms with Gasteiger partial charge in [-0.3, -0.25) is 4.79 Å². The van der Waals surface area contributed by atoms with Gasteiger partial charge in [0.1, 0.15) is 5.82 Å². The molecule has 4 nitrogen and oxygen atoms in total. The van der Waals surface area contributed by atoms with E-state index in [9.17, 15) is 9.18 Å². The Morgan fingerprint density at radius 2 is 1.85 bits per heavy atom. The van der Waals surface area contributed by atoms with E-state index < -0.39 is 0 Å². The Bertz CT molecular complexity index is 946. The number of hydrogen-bond donors (Lipinski definition) is 0. The molecule has 0 aliphatic carbocycles. The second kappa shape index (κ2) is 7.17. The minimum atomic E-state index is -0.359. The van der Waals surface area contributed by atoms with E-state index in [2.05, 4.69) is 9.88 Å². The third-order valence-electron chi connectivity index (χ3n) is 4.95. The minimum absolute atomic E-state index is 0.141. The lowest BCUT2D eigenvalue weighted by molar-refractivity contribution is 0.104. The van der Waals surface area contributed by atoms with E-state index in [0.717, 1.165) is 37.1 Å². The molecule has 1 saturated heterocycles. The van der Waals surface area contributed by atoms with Crippen LogP contribution in [0.5, 0.6) is 0 Å². The van der Waals surface area contributed by atoms with E-state index in [4.69, 9.17) is 11.6 Å². The molecule has 6 heteroatoms. The first-order valence-electron chi connectivity index (χ1n) is 8.79.